The van der Waals surface area contributed by atoms with E-state index in [1.54, 1.807) is 7.11 Å². The standard InChI is InChI=1S/C24H35N3O2/c1-4-25-13-14-26(15-18(25)2)24(28)21-17-27(16-19-9-6-5-7-10-19)23-20(21)11-8-12-22(23)29-3/h8,11-12,17-19H,4-7,9-10,13-16H2,1-3H3/t18-/m1/s1. The van der Waals surface area contributed by atoms with Crippen molar-refractivity contribution in [2.45, 2.75) is 58.5 Å². The number of para-hydroxylation sites is 1. The normalized spacial score (nSPS) is 21.6. The van der Waals surface area contributed by atoms with Crippen LogP contribution in [0.25, 0.3) is 10.9 Å². The van der Waals surface area contributed by atoms with Crippen LogP contribution in [0.3, 0.4) is 0 Å². The van der Waals surface area contributed by atoms with Crippen LogP contribution < -0.4 is 4.74 Å². The van der Waals surface area contributed by atoms with Crippen LogP contribution in [0.2, 0.25) is 0 Å². The maximum absolute atomic E-state index is 13.5. The van der Waals surface area contributed by atoms with Gasteiger partial charge in [-0.1, -0.05) is 38.3 Å². The van der Waals surface area contributed by atoms with Crippen molar-refractivity contribution >= 4 is 16.8 Å². The van der Waals surface area contributed by atoms with Crippen LogP contribution in [0.5, 0.6) is 5.75 Å². The van der Waals surface area contributed by atoms with Gasteiger partial charge in [-0.2, -0.15) is 0 Å². The van der Waals surface area contributed by atoms with Gasteiger partial charge in [0.1, 0.15) is 5.75 Å². The number of rotatable bonds is 5. The number of piperazine rings is 1. The van der Waals surface area contributed by atoms with Crippen LogP contribution in [-0.4, -0.2) is 59.6 Å². The monoisotopic (exact) mass is 397 g/mol. The molecule has 2 aromatic rings. The number of benzene rings is 1. The molecule has 2 heterocycles. The Morgan fingerprint density at radius 1 is 1.17 bits per heavy atom. The highest BCUT2D eigenvalue weighted by molar-refractivity contribution is 6.08. The molecule has 1 atom stereocenters. The third-order valence-corrected chi connectivity index (χ3v) is 6.95. The lowest BCUT2D eigenvalue weighted by molar-refractivity contribution is 0.0530. The molecule has 1 aromatic heterocycles. The van der Waals surface area contributed by atoms with E-state index in [9.17, 15) is 4.79 Å². The van der Waals surface area contributed by atoms with Crippen molar-refractivity contribution in [1.29, 1.82) is 0 Å². The molecule has 5 heteroatoms. The van der Waals surface area contributed by atoms with E-state index in [0.717, 1.165) is 54.9 Å². The highest BCUT2D eigenvalue weighted by atomic mass is 16.5. The summed E-state index contributed by atoms with van der Waals surface area (Å²) in [7, 11) is 1.72. The van der Waals surface area contributed by atoms with Gasteiger partial charge in [0, 0.05) is 43.8 Å². The Balaban J connectivity index is 1.66. The van der Waals surface area contributed by atoms with Crippen molar-refractivity contribution in [2.75, 3.05) is 33.3 Å². The molecule has 0 bridgehead atoms. The minimum atomic E-state index is 0.160. The molecule has 1 saturated carbocycles. The number of ether oxygens (including phenoxy) is 1. The van der Waals surface area contributed by atoms with Gasteiger partial charge < -0.3 is 14.2 Å². The Labute approximate surface area is 174 Å². The van der Waals surface area contributed by atoms with Gasteiger partial charge in [0.2, 0.25) is 0 Å². The number of aromatic nitrogens is 1. The van der Waals surface area contributed by atoms with Crippen molar-refractivity contribution in [3.63, 3.8) is 0 Å². The lowest BCUT2D eigenvalue weighted by Crippen LogP contribution is -2.53. The van der Waals surface area contributed by atoms with Gasteiger partial charge in [0.25, 0.3) is 5.91 Å². The molecule has 2 fully saturated rings. The first-order chi connectivity index (χ1) is 14.1. The molecule has 1 aliphatic heterocycles. The van der Waals surface area contributed by atoms with Gasteiger partial charge in [0.15, 0.2) is 0 Å². The molecule has 0 spiro atoms. The molecule has 1 aliphatic carbocycles. The summed E-state index contributed by atoms with van der Waals surface area (Å²) in [6, 6.07) is 6.49. The summed E-state index contributed by atoms with van der Waals surface area (Å²) in [6.45, 7) is 8.98. The molecule has 29 heavy (non-hydrogen) atoms. The zero-order chi connectivity index (χ0) is 20.4. The van der Waals surface area contributed by atoms with Crippen molar-refractivity contribution in [3.05, 3.63) is 30.0 Å². The van der Waals surface area contributed by atoms with Gasteiger partial charge in [-0.3, -0.25) is 9.69 Å². The van der Waals surface area contributed by atoms with Gasteiger partial charge in [-0.05, 0) is 38.3 Å². The number of carbonyl (C=O) groups excluding carboxylic acids is 1. The van der Waals surface area contributed by atoms with Crippen LogP contribution in [0.4, 0.5) is 0 Å². The van der Waals surface area contributed by atoms with E-state index in [1.807, 2.05) is 17.0 Å². The number of likely N-dealkylation sites (N-methyl/N-ethyl adjacent to an activating group) is 1. The summed E-state index contributed by atoms with van der Waals surface area (Å²) >= 11 is 0. The van der Waals surface area contributed by atoms with Crippen LogP contribution >= 0.6 is 0 Å². The van der Waals surface area contributed by atoms with E-state index >= 15 is 0 Å². The fraction of sp³-hybridized carbons (Fsp3) is 0.625. The van der Waals surface area contributed by atoms with Gasteiger partial charge in [0.05, 0.1) is 18.2 Å². The Morgan fingerprint density at radius 3 is 2.66 bits per heavy atom. The second-order valence-corrected chi connectivity index (χ2v) is 8.78. The predicted octanol–water partition coefficient (Wildman–Crippen LogP) is 4.40. The lowest BCUT2D eigenvalue weighted by atomic mass is 9.89. The average molecular weight is 398 g/mol. The summed E-state index contributed by atoms with van der Waals surface area (Å²) < 4.78 is 7.98. The van der Waals surface area contributed by atoms with E-state index in [4.69, 9.17) is 4.74 Å². The number of carbonyl (C=O) groups is 1. The fourth-order valence-electron chi connectivity index (χ4n) is 5.27. The summed E-state index contributed by atoms with van der Waals surface area (Å²) in [4.78, 5) is 18.0. The molecule has 1 amide bonds. The first-order valence-corrected chi connectivity index (χ1v) is 11.3. The first-order valence-electron chi connectivity index (χ1n) is 11.3. The highest BCUT2D eigenvalue weighted by Gasteiger charge is 2.29. The van der Waals surface area contributed by atoms with Crippen LogP contribution in [0.1, 0.15) is 56.3 Å². The molecule has 1 aromatic carbocycles. The predicted molar refractivity (Wildman–Crippen MR) is 118 cm³/mol. The number of hydrogen-bond acceptors (Lipinski definition) is 3. The minimum Gasteiger partial charge on any atom is -0.495 e. The topological polar surface area (TPSA) is 37.7 Å². The van der Waals surface area contributed by atoms with Crippen LogP contribution in [-0.2, 0) is 6.54 Å². The van der Waals surface area contributed by atoms with E-state index in [0.29, 0.717) is 12.0 Å². The van der Waals surface area contributed by atoms with Crippen molar-refractivity contribution in [2.24, 2.45) is 5.92 Å². The zero-order valence-electron chi connectivity index (χ0n) is 18.2. The molecule has 158 valence electrons. The zero-order valence-corrected chi connectivity index (χ0v) is 18.2. The summed E-state index contributed by atoms with van der Waals surface area (Å²) in [5, 5.41) is 1.02. The third kappa shape index (κ3) is 4.02. The Hall–Kier alpha value is -2.01. The Bertz CT molecular complexity index is 853. The number of nitrogens with zero attached hydrogens (tertiary/aromatic N) is 3. The van der Waals surface area contributed by atoms with Crippen LogP contribution in [0, 0.1) is 5.92 Å². The average Bonchev–Trinajstić information content (AvgIpc) is 3.12. The SMILES string of the molecule is CCN1CCN(C(=O)c2cn(CC3CCCCC3)c3c(OC)cccc23)C[C@H]1C. The number of methoxy groups -OCH3 is 1. The van der Waals surface area contributed by atoms with E-state index in [1.165, 1.54) is 32.1 Å². The maximum atomic E-state index is 13.5. The molecule has 2 aliphatic rings. The summed E-state index contributed by atoms with van der Waals surface area (Å²) in [5.41, 5.74) is 1.90. The lowest BCUT2D eigenvalue weighted by Gasteiger charge is -2.39. The van der Waals surface area contributed by atoms with E-state index in [-0.39, 0.29) is 5.91 Å². The van der Waals surface area contributed by atoms with Crippen LogP contribution in [0.15, 0.2) is 24.4 Å². The number of hydrogen-bond donors (Lipinski definition) is 0. The Kier molecular flexibility index (Phi) is 6.14. The molecule has 0 unspecified atom stereocenters. The smallest absolute Gasteiger partial charge is 0.256 e. The molecule has 1 saturated heterocycles. The van der Waals surface area contributed by atoms with Crippen molar-refractivity contribution in [1.82, 2.24) is 14.4 Å². The van der Waals surface area contributed by atoms with E-state index in [2.05, 4.69) is 35.6 Å². The Morgan fingerprint density at radius 2 is 1.97 bits per heavy atom. The molecule has 4 rings (SSSR count). The van der Waals surface area contributed by atoms with Gasteiger partial charge in [-0.15, -0.1) is 0 Å². The molecule has 5 nitrogen and oxygen atoms in total. The quantitative estimate of drug-likeness (QED) is 0.751. The second kappa shape index (κ2) is 8.78. The third-order valence-electron chi connectivity index (χ3n) is 6.95. The summed E-state index contributed by atoms with van der Waals surface area (Å²) in [5.74, 6) is 1.72. The maximum Gasteiger partial charge on any atom is 0.256 e. The largest absolute Gasteiger partial charge is 0.495 e. The van der Waals surface area contributed by atoms with Gasteiger partial charge >= 0.3 is 0 Å². The highest BCUT2D eigenvalue weighted by Crippen LogP contribution is 2.33. The second-order valence-electron chi connectivity index (χ2n) is 8.78. The summed E-state index contributed by atoms with van der Waals surface area (Å²) in [6.07, 6.45) is 8.68. The fourth-order valence-corrected chi connectivity index (χ4v) is 5.27. The molecule has 0 radical (unpaired) electrons. The number of amides is 1. The van der Waals surface area contributed by atoms with Crippen molar-refractivity contribution in [3.8, 4) is 5.75 Å². The molecule has 0 N–H and O–H groups in total. The van der Waals surface area contributed by atoms with Crippen molar-refractivity contribution < 1.29 is 9.53 Å². The first kappa shape index (κ1) is 20.3. The van der Waals surface area contributed by atoms with E-state index < -0.39 is 0 Å². The number of fused-ring (bicyclic) bond motifs is 1. The molecular weight excluding hydrogens is 362 g/mol. The molecular formula is C24H35N3O2. The van der Waals surface area contributed by atoms with Gasteiger partial charge in [-0.25, -0.2) is 0 Å². The minimum absolute atomic E-state index is 0.160.